The van der Waals surface area contributed by atoms with Crippen molar-refractivity contribution in [2.75, 3.05) is 11.9 Å². The second kappa shape index (κ2) is 5.84. The fourth-order valence-electron chi connectivity index (χ4n) is 1.66. The van der Waals surface area contributed by atoms with Crippen LogP contribution in [0.3, 0.4) is 0 Å². The number of nitrogens with zero attached hydrogens (tertiary/aromatic N) is 3. The maximum atomic E-state index is 11.8. The number of nitrogens with one attached hydrogen (secondary N) is 1. The minimum absolute atomic E-state index is 0.160. The summed E-state index contributed by atoms with van der Waals surface area (Å²) in [6.45, 7) is 4.85. The van der Waals surface area contributed by atoms with Crippen LogP contribution in [0.25, 0.3) is 0 Å². The van der Waals surface area contributed by atoms with Crippen LogP contribution in [0.2, 0.25) is 5.02 Å². The van der Waals surface area contributed by atoms with Gasteiger partial charge in [0.25, 0.3) is 5.56 Å². The molecule has 2 aromatic rings. The lowest BCUT2D eigenvalue weighted by Gasteiger charge is -2.08. The topological polar surface area (TPSA) is 59.8 Å². The van der Waals surface area contributed by atoms with Crippen LogP contribution in [-0.4, -0.2) is 21.3 Å². The predicted molar refractivity (Wildman–Crippen MR) is 75.7 cm³/mol. The fraction of sp³-hybridized carbons (Fsp3) is 0.308. The van der Waals surface area contributed by atoms with Gasteiger partial charge in [-0.2, -0.15) is 5.10 Å². The van der Waals surface area contributed by atoms with Crippen LogP contribution < -0.4 is 10.9 Å². The summed E-state index contributed by atoms with van der Waals surface area (Å²) in [5, 5.41) is 7.71. The van der Waals surface area contributed by atoms with Crippen molar-refractivity contribution in [1.82, 2.24) is 14.8 Å². The molecule has 0 aliphatic heterocycles. The molecule has 0 radical (unpaired) electrons. The van der Waals surface area contributed by atoms with E-state index in [9.17, 15) is 4.79 Å². The number of hydrogen-bond acceptors (Lipinski definition) is 4. The van der Waals surface area contributed by atoms with Crippen molar-refractivity contribution in [1.29, 1.82) is 0 Å². The molecule has 2 heterocycles. The summed E-state index contributed by atoms with van der Waals surface area (Å²) in [5.41, 5.74) is 1.30. The van der Waals surface area contributed by atoms with Gasteiger partial charge in [0.15, 0.2) is 0 Å². The summed E-state index contributed by atoms with van der Waals surface area (Å²) >= 11 is 6.10. The molecular formula is C13H15ClN4O. The number of aromatic nitrogens is 3. The Balaban J connectivity index is 2.31. The van der Waals surface area contributed by atoms with Gasteiger partial charge in [-0.1, -0.05) is 11.6 Å². The van der Waals surface area contributed by atoms with Crippen LogP contribution in [0.15, 0.2) is 29.2 Å². The molecule has 0 aromatic carbocycles. The Bertz CT molecular complexity index is 639. The average Bonchev–Trinajstić information content (AvgIpc) is 2.37. The van der Waals surface area contributed by atoms with Gasteiger partial charge in [-0.05, 0) is 31.5 Å². The van der Waals surface area contributed by atoms with E-state index in [1.807, 2.05) is 13.8 Å². The van der Waals surface area contributed by atoms with E-state index in [1.165, 1.54) is 10.7 Å². The molecule has 1 N–H and O–H groups in total. The van der Waals surface area contributed by atoms with Crippen molar-refractivity contribution in [3.8, 4) is 0 Å². The van der Waals surface area contributed by atoms with Crippen molar-refractivity contribution in [3.63, 3.8) is 0 Å². The van der Waals surface area contributed by atoms with E-state index >= 15 is 0 Å². The van der Waals surface area contributed by atoms with E-state index in [4.69, 9.17) is 11.6 Å². The van der Waals surface area contributed by atoms with E-state index in [-0.39, 0.29) is 12.1 Å². The van der Waals surface area contributed by atoms with Crippen molar-refractivity contribution in [2.24, 2.45) is 0 Å². The van der Waals surface area contributed by atoms with Gasteiger partial charge in [-0.3, -0.25) is 4.79 Å². The molecule has 0 aliphatic carbocycles. The van der Waals surface area contributed by atoms with Crippen molar-refractivity contribution >= 4 is 17.4 Å². The zero-order chi connectivity index (χ0) is 13.8. The predicted octanol–water partition coefficient (Wildman–Crippen LogP) is 2.08. The maximum absolute atomic E-state index is 11.8. The molecule has 0 spiro atoms. The third-order valence-corrected chi connectivity index (χ3v) is 2.93. The molecule has 0 saturated carbocycles. The smallest absolute Gasteiger partial charge is 0.267 e. The van der Waals surface area contributed by atoms with Crippen LogP contribution >= 0.6 is 11.6 Å². The third kappa shape index (κ3) is 3.32. The van der Waals surface area contributed by atoms with Crippen LogP contribution in [0.1, 0.15) is 18.2 Å². The zero-order valence-electron chi connectivity index (χ0n) is 10.9. The van der Waals surface area contributed by atoms with Gasteiger partial charge in [0, 0.05) is 12.6 Å². The van der Waals surface area contributed by atoms with Crippen molar-refractivity contribution in [3.05, 3.63) is 51.0 Å². The first-order valence-electron chi connectivity index (χ1n) is 6.03. The average molecular weight is 279 g/mol. The molecule has 2 aromatic heterocycles. The number of rotatable bonds is 4. The number of aryl methyl sites for hydroxylation is 1. The number of halogens is 1. The van der Waals surface area contributed by atoms with Gasteiger partial charge < -0.3 is 5.32 Å². The van der Waals surface area contributed by atoms with Crippen LogP contribution in [-0.2, 0) is 6.54 Å². The first-order valence-corrected chi connectivity index (χ1v) is 6.41. The monoisotopic (exact) mass is 278 g/mol. The summed E-state index contributed by atoms with van der Waals surface area (Å²) in [6.07, 6.45) is 1.64. The highest BCUT2D eigenvalue weighted by molar-refractivity contribution is 6.31. The van der Waals surface area contributed by atoms with Crippen molar-refractivity contribution in [2.45, 2.75) is 20.4 Å². The number of anilines is 1. The lowest BCUT2D eigenvalue weighted by Crippen LogP contribution is -2.23. The number of hydrogen-bond donors (Lipinski definition) is 1. The van der Waals surface area contributed by atoms with Gasteiger partial charge >= 0.3 is 0 Å². The largest absolute Gasteiger partial charge is 0.370 e. The Hall–Kier alpha value is -1.88. The summed E-state index contributed by atoms with van der Waals surface area (Å²) in [7, 11) is 0. The Labute approximate surface area is 116 Å². The van der Waals surface area contributed by atoms with E-state index in [1.54, 1.807) is 18.3 Å². The lowest BCUT2D eigenvalue weighted by atomic mass is 10.3. The van der Waals surface area contributed by atoms with Gasteiger partial charge in [-0.25, -0.2) is 9.67 Å². The molecule has 0 unspecified atom stereocenters. The number of pyridine rings is 1. The van der Waals surface area contributed by atoms with Crippen LogP contribution in [0.4, 0.5) is 5.82 Å². The lowest BCUT2D eigenvalue weighted by molar-refractivity contribution is 0.626. The highest BCUT2D eigenvalue weighted by atomic mass is 35.5. The molecule has 19 heavy (non-hydrogen) atoms. The Morgan fingerprint density at radius 1 is 1.42 bits per heavy atom. The summed E-state index contributed by atoms with van der Waals surface area (Å²) in [6, 6.07) is 5.11. The van der Waals surface area contributed by atoms with E-state index < -0.39 is 0 Å². The molecule has 0 amide bonds. The first kappa shape index (κ1) is 13.5. The Morgan fingerprint density at radius 2 is 2.21 bits per heavy atom. The molecule has 2 rings (SSSR count). The Morgan fingerprint density at radius 3 is 2.89 bits per heavy atom. The van der Waals surface area contributed by atoms with Crippen LogP contribution in [0.5, 0.6) is 0 Å². The molecule has 5 nitrogen and oxygen atoms in total. The zero-order valence-corrected chi connectivity index (χ0v) is 11.6. The third-order valence-electron chi connectivity index (χ3n) is 2.58. The summed E-state index contributed by atoms with van der Waals surface area (Å²) in [4.78, 5) is 16.2. The normalized spacial score (nSPS) is 10.5. The molecule has 0 atom stereocenters. The van der Waals surface area contributed by atoms with Crippen LogP contribution in [0, 0.1) is 6.92 Å². The molecule has 0 aliphatic rings. The molecular weight excluding hydrogens is 264 g/mol. The van der Waals surface area contributed by atoms with Gasteiger partial charge in [0.2, 0.25) is 0 Å². The second-order valence-corrected chi connectivity index (χ2v) is 4.59. The van der Waals surface area contributed by atoms with E-state index in [0.29, 0.717) is 10.7 Å². The molecule has 6 heteroatoms. The van der Waals surface area contributed by atoms with Gasteiger partial charge in [0.1, 0.15) is 5.82 Å². The summed E-state index contributed by atoms with van der Waals surface area (Å²) < 4.78 is 1.34. The highest BCUT2D eigenvalue weighted by Crippen LogP contribution is 2.17. The standard InChI is InChI=1S/C13H15ClN4O/c1-3-15-12-5-4-10(14)11(17-12)8-18-13(19)6-9(2)7-16-18/h4-7H,3,8H2,1-2H3,(H,15,17). The summed E-state index contributed by atoms with van der Waals surface area (Å²) in [5.74, 6) is 0.738. The van der Waals surface area contributed by atoms with Gasteiger partial charge in [-0.15, -0.1) is 0 Å². The fourth-order valence-corrected chi connectivity index (χ4v) is 1.82. The van der Waals surface area contributed by atoms with Gasteiger partial charge in [0.05, 0.1) is 23.5 Å². The molecule has 0 bridgehead atoms. The SMILES string of the molecule is CCNc1ccc(Cl)c(Cn2ncc(C)cc2=O)n1. The van der Waals surface area contributed by atoms with Crippen molar-refractivity contribution < 1.29 is 0 Å². The molecule has 0 saturated heterocycles. The Kier molecular flexibility index (Phi) is 4.16. The van der Waals surface area contributed by atoms with E-state index in [2.05, 4.69) is 15.4 Å². The maximum Gasteiger partial charge on any atom is 0.267 e. The second-order valence-electron chi connectivity index (χ2n) is 4.18. The highest BCUT2D eigenvalue weighted by Gasteiger charge is 2.07. The first-order chi connectivity index (χ1) is 9.10. The molecule has 0 fully saturated rings. The minimum Gasteiger partial charge on any atom is -0.370 e. The quantitative estimate of drug-likeness (QED) is 0.930. The minimum atomic E-state index is -0.160. The molecule has 100 valence electrons. The van der Waals surface area contributed by atoms with E-state index in [0.717, 1.165) is 17.9 Å².